The van der Waals surface area contributed by atoms with Crippen LogP contribution in [0.25, 0.3) is 5.65 Å². The van der Waals surface area contributed by atoms with Crippen LogP contribution in [0.4, 0.5) is 5.82 Å². The summed E-state index contributed by atoms with van der Waals surface area (Å²) in [4.78, 5) is 3.79. The Morgan fingerprint density at radius 3 is 2.84 bits per heavy atom. The quantitative estimate of drug-likeness (QED) is 0.737. The van der Waals surface area contributed by atoms with Crippen LogP contribution in [-0.4, -0.2) is 39.4 Å². The van der Waals surface area contributed by atoms with Gasteiger partial charge in [0.1, 0.15) is 5.82 Å². The van der Waals surface area contributed by atoms with E-state index in [4.69, 9.17) is 5.10 Å². The van der Waals surface area contributed by atoms with Crippen LogP contribution in [0.5, 0.6) is 0 Å². The molecule has 25 heavy (non-hydrogen) atoms. The zero-order valence-corrected chi connectivity index (χ0v) is 15.2. The molecule has 0 unspecified atom stereocenters. The Kier molecular flexibility index (Phi) is 3.71. The molecular formula is C18H22N6S. The molecule has 7 heteroatoms. The maximum Gasteiger partial charge on any atom is 0.178 e. The fraction of sp³-hybridized carbons (Fsp3) is 0.500. The van der Waals surface area contributed by atoms with E-state index in [9.17, 15) is 0 Å². The lowest BCUT2D eigenvalue weighted by Crippen LogP contribution is -2.51. The Labute approximate surface area is 150 Å². The average Bonchev–Trinajstić information content (AvgIpc) is 3.21. The Morgan fingerprint density at radius 1 is 1.20 bits per heavy atom. The highest BCUT2D eigenvalue weighted by molar-refractivity contribution is 7.10. The van der Waals surface area contributed by atoms with Gasteiger partial charge in [0.2, 0.25) is 0 Å². The molecule has 0 radical (unpaired) electrons. The number of aromatic nitrogens is 4. The van der Waals surface area contributed by atoms with Crippen LogP contribution in [0.2, 0.25) is 0 Å². The lowest BCUT2D eigenvalue weighted by atomic mass is 10.0. The maximum absolute atomic E-state index is 4.78. The highest BCUT2D eigenvalue weighted by Gasteiger charge is 2.31. The molecule has 0 amide bonds. The molecule has 130 valence electrons. The van der Waals surface area contributed by atoms with Gasteiger partial charge >= 0.3 is 0 Å². The highest BCUT2D eigenvalue weighted by atomic mass is 32.1. The standard InChI is InChI=1S/C18H22N6S/c1-12-6-7-25-15(12)9-19-8-13-10-23(11-13)17-5-4-16-20-21-18(14-2-3-14)24(16)22-17/h4-7,13-14,19H,2-3,8-11H2,1H3. The molecule has 0 aromatic carbocycles. The largest absolute Gasteiger partial charge is 0.354 e. The molecule has 6 nitrogen and oxygen atoms in total. The number of rotatable bonds is 6. The molecule has 5 rings (SSSR count). The molecule has 1 aliphatic carbocycles. The molecule has 0 spiro atoms. The molecule has 4 heterocycles. The van der Waals surface area contributed by atoms with Gasteiger partial charge < -0.3 is 10.2 Å². The smallest absolute Gasteiger partial charge is 0.178 e. The van der Waals surface area contributed by atoms with Crippen molar-refractivity contribution in [3.8, 4) is 0 Å². The first kappa shape index (κ1) is 15.3. The average molecular weight is 354 g/mol. The summed E-state index contributed by atoms with van der Waals surface area (Å²) in [5, 5.41) is 19.1. The Hall–Kier alpha value is -1.99. The van der Waals surface area contributed by atoms with Gasteiger partial charge in [0.05, 0.1) is 0 Å². The summed E-state index contributed by atoms with van der Waals surface area (Å²) >= 11 is 1.84. The second-order valence-electron chi connectivity index (χ2n) is 7.22. The van der Waals surface area contributed by atoms with Crippen LogP contribution in [-0.2, 0) is 6.54 Å². The van der Waals surface area contributed by atoms with E-state index < -0.39 is 0 Å². The van der Waals surface area contributed by atoms with E-state index in [-0.39, 0.29) is 0 Å². The predicted molar refractivity (Wildman–Crippen MR) is 99.2 cm³/mol. The van der Waals surface area contributed by atoms with E-state index in [0.29, 0.717) is 11.8 Å². The van der Waals surface area contributed by atoms with Crippen molar-refractivity contribution in [2.24, 2.45) is 5.92 Å². The number of nitrogens with one attached hydrogen (secondary N) is 1. The lowest BCUT2D eigenvalue weighted by molar-refractivity contribution is 0.381. The van der Waals surface area contributed by atoms with Gasteiger partial charge in [-0.1, -0.05) is 0 Å². The normalized spacial score (nSPS) is 18.0. The highest BCUT2D eigenvalue weighted by Crippen LogP contribution is 2.38. The summed E-state index contributed by atoms with van der Waals surface area (Å²) < 4.78 is 1.94. The minimum atomic E-state index is 0.562. The number of nitrogens with zero attached hydrogens (tertiary/aromatic N) is 5. The van der Waals surface area contributed by atoms with Gasteiger partial charge in [-0.25, -0.2) is 0 Å². The third kappa shape index (κ3) is 2.91. The number of hydrogen-bond acceptors (Lipinski definition) is 6. The van der Waals surface area contributed by atoms with Gasteiger partial charge in [-0.15, -0.1) is 26.6 Å². The number of anilines is 1. The van der Waals surface area contributed by atoms with Gasteiger partial charge in [-0.2, -0.15) is 4.52 Å². The fourth-order valence-corrected chi connectivity index (χ4v) is 4.30. The summed E-state index contributed by atoms with van der Waals surface area (Å²) in [6.07, 6.45) is 2.43. The first-order valence-electron chi connectivity index (χ1n) is 8.99. The minimum Gasteiger partial charge on any atom is -0.354 e. The number of thiophene rings is 1. The van der Waals surface area contributed by atoms with E-state index in [1.165, 1.54) is 23.3 Å². The number of aryl methyl sites for hydroxylation is 1. The zero-order chi connectivity index (χ0) is 16.8. The lowest BCUT2D eigenvalue weighted by Gasteiger charge is -2.40. The molecule has 2 aliphatic rings. The van der Waals surface area contributed by atoms with Crippen molar-refractivity contribution in [2.45, 2.75) is 32.2 Å². The number of hydrogen-bond donors (Lipinski definition) is 1. The molecule has 2 fully saturated rings. The second-order valence-corrected chi connectivity index (χ2v) is 8.22. The van der Waals surface area contributed by atoms with Crippen molar-refractivity contribution in [1.29, 1.82) is 0 Å². The Morgan fingerprint density at radius 2 is 2.08 bits per heavy atom. The van der Waals surface area contributed by atoms with Crippen molar-refractivity contribution in [3.63, 3.8) is 0 Å². The van der Waals surface area contributed by atoms with Gasteiger partial charge in [0, 0.05) is 42.9 Å². The molecule has 1 saturated carbocycles. The van der Waals surface area contributed by atoms with Crippen molar-refractivity contribution in [1.82, 2.24) is 25.1 Å². The van der Waals surface area contributed by atoms with Gasteiger partial charge in [-0.3, -0.25) is 0 Å². The molecule has 1 N–H and O–H groups in total. The molecule has 0 bridgehead atoms. The van der Waals surface area contributed by atoms with Gasteiger partial charge in [0.15, 0.2) is 11.5 Å². The summed E-state index contributed by atoms with van der Waals surface area (Å²) in [6, 6.07) is 6.29. The fourth-order valence-electron chi connectivity index (χ4n) is 3.42. The van der Waals surface area contributed by atoms with Crippen molar-refractivity contribution in [2.75, 3.05) is 24.5 Å². The predicted octanol–water partition coefficient (Wildman–Crippen LogP) is 2.60. The van der Waals surface area contributed by atoms with Crippen LogP contribution in [0.1, 0.15) is 35.0 Å². The summed E-state index contributed by atoms with van der Waals surface area (Å²) in [6.45, 7) is 6.36. The van der Waals surface area contributed by atoms with Crippen LogP contribution in [0, 0.1) is 12.8 Å². The van der Waals surface area contributed by atoms with Crippen LogP contribution in [0.3, 0.4) is 0 Å². The van der Waals surface area contributed by atoms with E-state index in [1.807, 2.05) is 21.9 Å². The first-order valence-corrected chi connectivity index (χ1v) is 9.87. The summed E-state index contributed by atoms with van der Waals surface area (Å²) in [5.74, 6) is 3.33. The molecule has 0 atom stereocenters. The van der Waals surface area contributed by atoms with Crippen molar-refractivity contribution < 1.29 is 0 Å². The summed E-state index contributed by atoms with van der Waals surface area (Å²) in [7, 11) is 0. The summed E-state index contributed by atoms with van der Waals surface area (Å²) in [5.41, 5.74) is 2.25. The minimum absolute atomic E-state index is 0.562. The molecule has 3 aromatic rings. The third-order valence-electron chi connectivity index (χ3n) is 5.18. The van der Waals surface area contributed by atoms with Crippen molar-refractivity contribution in [3.05, 3.63) is 39.8 Å². The first-order chi connectivity index (χ1) is 12.3. The van der Waals surface area contributed by atoms with Gasteiger partial charge in [0.25, 0.3) is 0 Å². The number of fused-ring (bicyclic) bond motifs is 1. The molecule has 3 aromatic heterocycles. The zero-order valence-electron chi connectivity index (χ0n) is 14.4. The third-order valence-corrected chi connectivity index (χ3v) is 6.21. The van der Waals surface area contributed by atoms with E-state index in [0.717, 1.165) is 43.5 Å². The Bertz CT molecular complexity index is 890. The monoisotopic (exact) mass is 354 g/mol. The van der Waals surface area contributed by atoms with E-state index in [2.05, 4.69) is 44.9 Å². The Balaban J connectivity index is 1.18. The molecular weight excluding hydrogens is 332 g/mol. The maximum atomic E-state index is 4.78. The SMILES string of the molecule is Cc1ccsc1CNCC1CN(c2ccc3nnc(C4CC4)n3n2)C1. The van der Waals surface area contributed by atoms with Crippen LogP contribution < -0.4 is 10.2 Å². The van der Waals surface area contributed by atoms with E-state index in [1.54, 1.807) is 0 Å². The van der Waals surface area contributed by atoms with Gasteiger partial charge in [-0.05, 0) is 48.9 Å². The van der Waals surface area contributed by atoms with E-state index >= 15 is 0 Å². The molecule has 1 aliphatic heterocycles. The van der Waals surface area contributed by atoms with Crippen LogP contribution >= 0.6 is 11.3 Å². The van der Waals surface area contributed by atoms with Crippen molar-refractivity contribution >= 4 is 22.8 Å². The topological polar surface area (TPSA) is 58.3 Å². The second kappa shape index (κ2) is 6.07. The van der Waals surface area contributed by atoms with Crippen LogP contribution in [0.15, 0.2) is 23.6 Å². The molecule has 1 saturated heterocycles.